The fourth-order valence-corrected chi connectivity index (χ4v) is 1.63. The van der Waals surface area contributed by atoms with E-state index in [1.54, 1.807) is 0 Å². The van der Waals surface area contributed by atoms with E-state index in [1.807, 2.05) is 0 Å². The smallest absolute Gasteiger partial charge is 0.0712 e. The van der Waals surface area contributed by atoms with E-state index in [0.717, 1.165) is 18.5 Å². The lowest BCUT2D eigenvalue weighted by Gasteiger charge is -2.04. The fourth-order valence-electron chi connectivity index (χ4n) is 1.02. The summed E-state index contributed by atoms with van der Waals surface area (Å²) in [6.07, 6.45) is 2.15. The van der Waals surface area contributed by atoms with Crippen LogP contribution in [0.5, 0.6) is 0 Å². The maximum absolute atomic E-state index is 5.86. The van der Waals surface area contributed by atoms with Crippen LogP contribution in [0.25, 0.3) is 0 Å². The molecule has 0 aliphatic carbocycles. The molecule has 1 atom stereocenters. The van der Waals surface area contributed by atoms with Crippen LogP contribution in [0.2, 0.25) is 0 Å². The molecule has 62 valence electrons. The van der Waals surface area contributed by atoms with Crippen LogP contribution in [0.4, 0.5) is 0 Å². The summed E-state index contributed by atoms with van der Waals surface area (Å²) in [4.78, 5) is 1.24. The van der Waals surface area contributed by atoms with Crippen molar-refractivity contribution >= 4 is 11.5 Å². The fraction of sp³-hybridized carbons (Fsp3) is 0.625. The highest BCUT2D eigenvalue weighted by Gasteiger charge is 2.07. The van der Waals surface area contributed by atoms with E-state index in [-0.39, 0.29) is 6.04 Å². The molecule has 0 amide bonds. The van der Waals surface area contributed by atoms with Gasteiger partial charge < -0.3 is 5.73 Å². The van der Waals surface area contributed by atoms with Crippen molar-refractivity contribution in [2.24, 2.45) is 5.73 Å². The molecule has 1 rings (SSSR count). The van der Waals surface area contributed by atoms with Crippen LogP contribution in [0.3, 0.4) is 0 Å². The highest BCUT2D eigenvalue weighted by molar-refractivity contribution is 7.05. The first-order valence-electron chi connectivity index (χ1n) is 3.93. The van der Waals surface area contributed by atoms with Crippen LogP contribution in [0.1, 0.15) is 36.4 Å². The van der Waals surface area contributed by atoms with Gasteiger partial charge in [-0.1, -0.05) is 13.3 Å². The Morgan fingerprint density at radius 2 is 2.45 bits per heavy atom. The van der Waals surface area contributed by atoms with Gasteiger partial charge in [-0.15, -0.1) is 0 Å². The lowest BCUT2D eigenvalue weighted by atomic mass is 10.1. The number of nitrogens with zero attached hydrogens (tertiary/aromatic N) is 1. The van der Waals surface area contributed by atoms with E-state index in [4.69, 9.17) is 5.73 Å². The minimum atomic E-state index is 0.143. The molecule has 11 heavy (non-hydrogen) atoms. The van der Waals surface area contributed by atoms with Gasteiger partial charge in [0.1, 0.15) is 0 Å². The standard InChI is InChI=1S/C8H14N2S/c1-3-4-7(9)8-5-6(2)11-10-8/h5,7H,3-4,9H2,1-2H3. The van der Waals surface area contributed by atoms with E-state index < -0.39 is 0 Å². The number of nitrogens with two attached hydrogens (primary N) is 1. The van der Waals surface area contributed by atoms with E-state index >= 15 is 0 Å². The van der Waals surface area contributed by atoms with Crippen molar-refractivity contribution in [3.63, 3.8) is 0 Å². The van der Waals surface area contributed by atoms with Gasteiger partial charge in [0.25, 0.3) is 0 Å². The summed E-state index contributed by atoms with van der Waals surface area (Å²) >= 11 is 1.53. The number of aromatic nitrogens is 1. The molecule has 0 fully saturated rings. The summed E-state index contributed by atoms with van der Waals surface area (Å²) in [6.45, 7) is 4.19. The molecule has 0 saturated carbocycles. The zero-order valence-electron chi connectivity index (χ0n) is 7.00. The van der Waals surface area contributed by atoms with Crippen LogP contribution in [0, 0.1) is 6.92 Å². The first-order chi connectivity index (χ1) is 5.24. The van der Waals surface area contributed by atoms with Crippen molar-refractivity contribution < 1.29 is 0 Å². The van der Waals surface area contributed by atoms with Crippen LogP contribution >= 0.6 is 11.5 Å². The molecular formula is C8H14N2S. The molecule has 0 aliphatic rings. The summed E-state index contributed by atoms with van der Waals surface area (Å²) in [5, 5.41) is 0. The second kappa shape index (κ2) is 3.83. The lowest BCUT2D eigenvalue weighted by Crippen LogP contribution is -2.09. The summed E-state index contributed by atoms with van der Waals surface area (Å²) in [5.41, 5.74) is 6.91. The van der Waals surface area contributed by atoms with Gasteiger partial charge in [-0.2, -0.15) is 4.37 Å². The summed E-state index contributed by atoms with van der Waals surface area (Å²) < 4.78 is 4.25. The van der Waals surface area contributed by atoms with Gasteiger partial charge in [0.2, 0.25) is 0 Å². The van der Waals surface area contributed by atoms with Crippen LogP contribution in [-0.4, -0.2) is 4.37 Å². The van der Waals surface area contributed by atoms with E-state index in [0.29, 0.717) is 0 Å². The van der Waals surface area contributed by atoms with Crippen molar-refractivity contribution in [3.8, 4) is 0 Å². The third-order valence-corrected chi connectivity index (χ3v) is 2.33. The zero-order chi connectivity index (χ0) is 8.27. The predicted molar refractivity (Wildman–Crippen MR) is 48.7 cm³/mol. The number of aryl methyl sites for hydroxylation is 1. The molecule has 0 aromatic carbocycles. The Kier molecular flexibility index (Phi) is 3.02. The quantitative estimate of drug-likeness (QED) is 0.755. The van der Waals surface area contributed by atoms with Gasteiger partial charge >= 0.3 is 0 Å². The third-order valence-electron chi connectivity index (χ3n) is 1.63. The van der Waals surface area contributed by atoms with Crippen molar-refractivity contribution in [1.29, 1.82) is 0 Å². The summed E-state index contributed by atoms with van der Waals surface area (Å²) in [6, 6.07) is 2.22. The minimum Gasteiger partial charge on any atom is -0.323 e. The van der Waals surface area contributed by atoms with Crippen molar-refractivity contribution in [2.45, 2.75) is 32.7 Å². The molecule has 2 N–H and O–H groups in total. The second-order valence-electron chi connectivity index (χ2n) is 2.76. The molecule has 3 heteroatoms. The molecule has 0 saturated heterocycles. The molecule has 0 aliphatic heterocycles. The second-order valence-corrected chi connectivity index (χ2v) is 3.77. The first kappa shape index (κ1) is 8.68. The van der Waals surface area contributed by atoms with Gasteiger partial charge in [0.05, 0.1) is 5.69 Å². The van der Waals surface area contributed by atoms with Crippen LogP contribution in [0.15, 0.2) is 6.07 Å². The number of hydrogen-bond donors (Lipinski definition) is 1. The van der Waals surface area contributed by atoms with Crippen molar-refractivity contribution in [1.82, 2.24) is 4.37 Å². The van der Waals surface area contributed by atoms with E-state index in [2.05, 4.69) is 24.3 Å². The molecular weight excluding hydrogens is 156 g/mol. The molecule has 1 aromatic rings. The molecule has 0 spiro atoms. The SMILES string of the molecule is CCCC(N)c1cc(C)sn1. The normalized spacial score (nSPS) is 13.4. The Balaban J connectivity index is 2.60. The van der Waals surface area contributed by atoms with Crippen molar-refractivity contribution in [2.75, 3.05) is 0 Å². The van der Waals surface area contributed by atoms with Gasteiger partial charge in [-0.05, 0) is 30.9 Å². The zero-order valence-corrected chi connectivity index (χ0v) is 7.82. The van der Waals surface area contributed by atoms with Gasteiger partial charge in [0.15, 0.2) is 0 Å². The maximum Gasteiger partial charge on any atom is 0.0712 e. The molecule has 2 nitrogen and oxygen atoms in total. The summed E-state index contributed by atoms with van der Waals surface area (Å²) in [7, 11) is 0. The molecule has 0 radical (unpaired) electrons. The van der Waals surface area contributed by atoms with E-state index in [9.17, 15) is 0 Å². The average Bonchev–Trinajstić information content (AvgIpc) is 2.36. The maximum atomic E-state index is 5.86. The highest BCUT2D eigenvalue weighted by Crippen LogP contribution is 2.17. The molecule has 1 heterocycles. The average molecular weight is 170 g/mol. The Hall–Kier alpha value is -0.410. The molecule has 0 bridgehead atoms. The van der Waals surface area contributed by atoms with Crippen LogP contribution in [-0.2, 0) is 0 Å². The topological polar surface area (TPSA) is 38.9 Å². The Morgan fingerprint density at radius 1 is 1.73 bits per heavy atom. The van der Waals surface area contributed by atoms with E-state index in [1.165, 1.54) is 16.4 Å². The molecule has 1 aromatic heterocycles. The summed E-state index contributed by atoms with van der Waals surface area (Å²) in [5.74, 6) is 0. The first-order valence-corrected chi connectivity index (χ1v) is 4.70. The lowest BCUT2D eigenvalue weighted by molar-refractivity contribution is 0.627. The van der Waals surface area contributed by atoms with Crippen molar-refractivity contribution in [3.05, 3.63) is 16.6 Å². The Bertz CT molecular complexity index is 220. The van der Waals surface area contributed by atoms with Gasteiger partial charge in [-0.3, -0.25) is 0 Å². The third kappa shape index (κ3) is 2.27. The Morgan fingerprint density at radius 3 is 2.91 bits per heavy atom. The Labute approximate surface area is 71.6 Å². The largest absolute Gasteiger partial charge is 0.323 e. The van der Waals surface area contributed by atoms with Gasteiger partial charge in [-0.25, -0.2) is 0 Å². The highest BCUT2D eigenvalue weighted by atomic mass is 32.1. The molecule has 1 unspecified atom stereocenters. The van der Waals surface area contributed by atoms with Crippen LogP contribution < -0.4 is 5.73 Å². The van der Waals surface area contributed by atoms with Gasteiger partial charge in [0, 0.05) is 10.9 Å². The monoisotopic (exact) mass is 170 g/mol. The number of rotatable bonds is 3. The number of hydrogen-bond acceptors (Lipinski definition) is 3. The predicted octanol–water partition coefficient (Wildman–Crippen LogP) is 2.25. The minimum absolute atomic E-state index is 0.143.